The molecule has 0 atom stereocenters. The molecule has 0 aliphatic rings. The van der Waals surface area contributed by atoms with E-state index in [1.807, 2.05) is 0 Å². The Bertz CT molecular complexity index is 813. The summed E-state index contributed by atoms with van der Waals surface area (Å²) in [5.74, 6) is -0.686. The zero-order valence-corrected chi connectivity index (χ0v) is 14.7. The first-order valence-electron chi connectivity index (χ1n) is 8.60. The Morgan fingerprint density at radius 3 is 2.56 bits per heavy atom. The van der Waals surface area contributed by atoms with Gasteiger partial charge in [0.25, 0.3) is 11.2 Å². The monoisotopic (exact) mass is 348 g/mol. The molecule has 1 aromatic heterocycles. The van der Waals surface area contributed by atoms with Gasteiger partial charge in [-0.15, -0.1) is 0 Å². The highest BCUT2D eigenvalue weighted by Gasteiger charge is 2.23. The SMILES string of the molecule is CCCCCCCCOc1c(O)c2c([N+](=O)[O-])cccc2n(C)c1=O. The lowest BCUT2D eigenvalue weighted by Gasteiger charge is -2.12. The number of hydrogen-bond acceptors (Lipinski definition) is 5. The number of benzene rings is 1. The number of ether oxygens (including phenoxy) is 1. The highest BCUT2D eigenvalue weighted by atomic mass is 16.6. The van der Waals surface area contributed by atoms with Gasteiger partial charge in [0, 0.05) is 13.1 Å². The van der Waals surface area contributed by atoms with Crippen LogP contribution in [0, 0.1) is 10.1 Å². The summed E-state index contributed by atoms with van der Waals surface area (Å²) in [6, 6.07) is 4.33. The first kappa shape index (κ1) is 18.8. The predicted octanol–water partition coefficient (Wildman–Crippen LogP) is 3.89. The van der Waals surface area contributed by atoms with E-state index < -0.39 is 16.2 Å². The standard InChI is InChI=1S/C18H24N2O5/c1-3-4-5-6-7-8-12-25-17-16(21)15-13(19(2)18(17)22)10-9-11-14(15)20(23)24/h9-11,21H,3-8,12H2,1-2H3. The maximum atomic E-state index is 12.4. The van der Waals surface area contributed by atoms with E-state index in [1.54, 1.807) is 6.07 Å². The van der Waals surface area contributed by atoms with Crippen LogP contribution in [-0.2, 0) is 7.05 Å². The summed E-state index contributed by atoms with van der Waals surface area (Å²) < 4.78 is 6.75. The topological polar surface area (TPSA) is 94.6 Å². The molecule has 0 amide bonds. The number of unbranched alkanes of at least 4 members (excludes halogenated alkanes) is 5. The second-order valence-corrected chi connectivity index (χ2v) is 6.09. The van der Waals surface area contributed by atoms with Gasteiger partial charge in [0.15, 0.2) is 5.75 Å². The molecule has 0 aliphatic carbocycles. The molecule has 0 aliphatic heterocycles. The van der Waals surface area contributed by atoms with Crippen LogP contribution in [-0.4, -0.2) is 21.2 Å². The van der Waals surface area contributed by atoms with Gasteiger partial charge in [-0.25, -0.2) is 0 Å². The lowest BCUT2D eigenvalue weighted by molar-refractivity contribution is -0.383. The minimum Gasteiger partial charge on any atom is -0.503 e. The van der Waals surface area contributed by atoms with Gasteiger partial charge in [-0.05, 0) is 12.5 Å². The van der Waals surface area contributed by atoms with Gasteiger partial charge in [0.2, 0.25) is 5.75 Å². The van der Waals surface area contributed by atoms with E-state index in [0.717, 1.165) is 19.3 Å². The smallest absolute Gasteiger partial charge is 0.297 e. The molecule has 0 radical (unpaired) electrons. The summed E-state index contributed by atoms with van der Waals surface area (Å²) in [6.07, 6.45) is 6.40. The maximum Gasteiger partial charge on any atom is 0.297 e. The number of fused-ring (bicyclic) bond motifs is 1. The van der Waals surface area contributed by atoms with Crippen molar-refractivity contribution in [2.75, 3.05) is 6.61 Å². The zero-order valence-electron chi connectivity index (χ0n) is 14.7. The maximum absolute atomic E-state index is 12.4. The molecule has 1 N–H and O–H groups in total. The fourth-order valence-corrected chi connectivity index (χ4v) is 2.87. The van der Waals surface area contributed by atoms with E-state index in [1.165, 1.54) is 43.0 Å². The largest absolute Gasteiger partial charge is 0.503 e. The average Bonchev–Trinajstić information content (AvgIpc) is 2.60. The highest BCUT2D eigenvalue weighted by molar-refractivity contribution is 5.95. The fourth-order valence-electron chi connectivity index (χ4n) is 2.87. The molecule has 1 heterocycles. The van der Waals surface area contributed by atoms with Gasteiger partial charge in [-0.2, -0.15) is 0 Å². The minimum atomic E-state index is -0.579. The quantitative estimate of drug-likeness (QED) is 0.421. The molecule has 1 aromatic carbocycles. The molecule has 25 heavy (non-hydrogen) atoms. The third-order valence-corrected chi connectivity index (χ3v) is 4.27. The lowest BCUT2D eigenvalue weighted by Crippen LogP contribution is -2.20. The number of nitrogens with zero attached hydrogens (tertiary/aromatic N) is 2. The molecule has 0 spiro atoms. The normalized spacial score (nSPS) is 11.0. The number of nitro benzene ring substituents is 1. The molecule has 0 saturated heterocycles. The van der Waals surface area contributed by atoms with Crippen LogP contribution in [0.3, 0.4) is 0 Å². The first-order chi connectivity index (χ1) is 12.0. The second kappa shape index (κ2) is 8.50. The number of aromatic hydroxyl groups is 1. The Morgan fingerprint density at radius 1 is 1.20 bits per heavy atom. The van der Waals surface area contributed by atoms with Crippen LogP contribution in [0.5, 0.6) is 11.5 Å². The van der Waals surface area contributed by atoms with Gasteiger partial charge in [0.05, 0.1) is 17.0 Å². The van der Waals surface area contributed by atoms with Crippen molar-refractivity contribution in [3.8, 4) is 11.5 Å². The molecule has 0 bridgehead atoms. The van der Waals surface area contributed by atoms with Crippen molar-refractivity contribution >= 4 is 16.6 Å². The van der Waals surface area contributed by atoms with Gasteiger partial charge >= 0.3 is 0 Å². The Labute approximate surface area is 146 Å². The predicted molar refractivity (Wildman–Crippen MR) is 96.4 cm³/mol. The Morgan fingerprint density at radius 2 is 1.88 bits per heavy atom. The van der Waals surface area contributed by atoms with E-state index in [2.05, 4.69) is 6.92 Å². The third-order valence-electron chi connectivity index (χ3n) is 4.27. The Kier molecular flexibility index (Phi) is 6.38. The molecule has 7 heteroatoms. The van der Waals surface area contributed by atoms with Crippen molar-refractivity contribution in [2.45, 2.75) is 45.4 Å². The molecule has 7 nitrogen and oxygen atoms in total. The molecular formula is C18H24N2O5. The summed E-state index contributed by atoms with van der Waals surface area (Å²) in [5.41, 5.74) is -0.463. The van der Waals surface area contributed by atoms with E-state index in [9.17, 15) is 20.0 Å². The molecule has 0 fully saturated rings. The van der Waals surface area contributed by atoms with Crippen LogP contribution in [0.2, 0.25) is 0 Å². The van der Waals surface area contributed by atoms with E-state index in [-0.39, 0.29) is 16.8 Å². The van der Waals surface area contributed by atoms with Crippen LogP contribution in [0.25, 0.3) is 10.9 Å². The zero-order chi connectivity index (χ0) is 18.4. The van der Waals surface area contributed by atoms with Gasteiger partial charge in [-0.3, -0.25) is 14.9 Å². The van der Waals surface area contributed by atoms with E-state index in [0.29, 0.717) is 12.1 Å². The Balaban J connectivity index is 2.24. The minimum absolute atomic E-state index is 0.0209. The third kappa shape index (κ3) is 4.10. The number of rotatable bonds is 9. The van der Waals surface area contributed by atoms with Crippen molar-refractivity contribution in [2.24, 2.45) is 7.05 Å². The molecule has 0 saturated carbocycles. The van der Waals surface area contributed by atoms with Crippen molar-refractivity contribution in [3.05, 3.63) is 38.7 Å². The number of hydrogen-bond donors (Lipinski definition) is 1. The van der Waals surface area contributed by atoms with Crippen molar-refractivity contribution in [1.29, 1.82) is 0 Å². The molecule has 2 aromatic rings. The van der Waals surface area contributed by atoms with Crippen molar-refractivity contribution in [3.63, 3.8) is 0 Å². The van der Waals surface area contributed by atoms with Crippen molar-refractivity contribution in [1.82, 2.24) is 4.57 Å². The average molecular weight is 348 g/mol. The van der Waals surface area contributed by atoms with Crippen LogP contribution in [0.1, 0.15) is 45.4 Å². The van der Waals surface area contributed by atoms with Gasteiger partial charge < -0.3 is 14.4 Å². The Hall–Kier alpha value is -2.57. The molecule has 136 valence electrons. The molecular weight excluding hydrogens is 324 g/mol. The van der Waals surface area contributed by atoms with Gasteiger partial charge in [0.1, 0.15) is 5.39 Å². The second-order valence-electron chi connectivity index (χ2n) is 6.09. The number of aryl methyl sites for hydroxylation is 1. The number of pyridine rings is 1. The van der Waals surface area contributed by atoms with Crippen LogP contribution >= 0.6 is 0 Å². The summed E-state index contributed by atoms with van der Waals surface area (Å²) in [5, 5.41) is 21.7. The summed E-state index contributed by atoms with van der Waals surface area (Å²) in [7, 11) is 1.51. The van der Waals surface area contributed by atoms with Crippen LogP contribution < -0.4 is 10.3 Å². The fraction of sp³-hybridized carbons (Fsp3) is 0.500. The summed E-state index contributed by atoms with van der Waals surface area (Å²) in [4.78, 5) is 23.0. The van der Waals surface area contributed by atoms with Crippen molar-refractivity contribution < 1.29 is 14.8 Å². The summed E-state index contributed by atoms with van der Waals surface area (Å²) >= 11 is 0. The number of non-ortho nitro benzene ring substituents is 1. The number of aromatic nitrogens is 1. The first-order valence-corrected chi connectivity index (χ1v) is 8.60. The van der Waals surface area contributed by atoms with Crippen LogP contribution in [0.4, 0.5) is 5.69 Å². The molecule has 2 rings (SSSR count). The van der Waals surface area contributed by atoms with Crippen LogP contribution in [0.15, 0.2) is 23.0 Å². The van der Waals surface area contributed by atoms with E-state index in [4.69, 9.17) is 4.74 Å². The summed E-state index contributed by atoms with van der Waals surface area (Å²) in [6.45, 7) is 2.45. The highest BCUT2D eigenvalue weighted by Crippen LogP contribution is 2.37. The number of nitro groups is 1. The van der Waals surface area contributed by atoms with Gasteiger partial charge in [-0.1, -0.05) is 45.1 Å². The van der Waals surface area contributed by atoms with E-state index >= 15 is 0 Å². The lowest BCUT2D eigenvalue weighted by atomic mass is 10.1. The molecule has 0 unspecified atom stereocenters.